The molecule has 2 aromatic heterocycles. The first-order valence-corrected chi connectivity index (χ1v) is 11.0. The monoisotopic (exact) mass is 399 g/mol. The molecule has 1 aliphatic rings. The summed E-state index contributed by atoms with van der Waals surface area (Å²) in [4.78, 5) is 26.2. The van der Waals surface area contributed by atoms with Gasteiger partial charge in [-0.3, -0.25) is 9.36 Å². The van der Waals surface area contributed by atoms with Gasteiger partial charge >= 0.3 is 0 Å². The lowest BCUT2D eigenvalue weighted by atomic mass is 10.2. The zero-order valence-electron chi connectivity index (χ0n) is 15.7. The summed E-state index contributed by atoms with van der Waals surface area (Å²) in [5, 5.41) is 3.07. The van der Waals surface area contributed by atoms with Gasteiger partial charge in [-0.1, -0.05) is 12.8 Å². The number of fused-ring (bicyclic) bond motifs is 1. The Hall–Kier alpha value is -2.81. The first-order chi connectivity index (χ1) is 13.3. The highest BCUT2D eigenvalue weighted by molar-refractivity contribution is 7.90. The third-order valence-electron chi connectivity index (χ3n) is 5.02. The zero-order valence-corrected chi connectivity index (χ0v) is 16.5. The first kappa shape index (κ1) is 18.5. The summed E-state index contributed by atoms with van der Waals surface area (Å²) in [5.74, 6) is 0.330. The van der Waals surface area contributed by atoms with E-state index in [-0.39, 0.29) is 16.5 Å². The van der Waals surface area contributed by atoms with Crippen LogP contribution in [0.1, 0.15) is 37.4 Å². The minimum atomic E-state index is -3.25. The van der Waals surface area contributed by atoms with Crippen molar-refractivity contribution in [3.8, 4) is 0 Å². The first-order valence-electron chi connectivity index (χ1n) is 9.16. The van der Waals surface area contributed by atoms with Crippen molar-refractivity contribution < 1.29 is 8.42 Å². The normalized spacial score (nSPS) is 15.2. The van der Waals surface area contributed by atoms with Gasteiger partial charge in [0.2, 0.25) is 5.95 Å². The lowest BCUT2D eigenvalue weighted by Gasteiger charge is -2.17. The number of anilines is 2. The molecule has 1 fully saturated rings. The molecule has 0 atom stereocenters. The average Bonchev–Trinajstić information content (AvgIpc) is 3.17. The number of hydrogen-bond acceptors (Lipinski definition) is 7. The Morgan fingerprint density at radius 3 is 2.43 bits per heavy atom. The maximum atomic E-state index is 12.7. The molecule has 0 saturated heterocycles. The van der Waals surface area contributed by atoms with E-state index in [0.717, 1.165) is 25.7 Å². The topological polar surface area (TPSA) is 107 Å². The van der Waals surface area contributed by atoms with Crippen molar-refractivity contribution in [1.29, 1.82) is 0 Å². The second kappa shape index (κ2) is 6.97. The molecule has 4 rings (SSSR count). The number of nitrogens with zero attached hydrogens (tertiary/aromatic N) is 4. The van der Waals surface area contributed by atoms with Crippen LogP contribution in [-0.4, -0.2) is 34.2 Å². The van der Waals surface area contributed by atoms with Crippen molar-refractivity contribution in [1.82, 2.24) is 19.5 Å². The van der Waals surface area contributed by atoms with Crippen molar-refractivity contribution in [2.24, 2.45) is 0 Å². The molecule has 28 heavy (non-hydrogen) atoms. The van der Waals surface area contributed by atoms with Crippen LogP contribution in [0.2, 0.25) is 0 Å². The minimum Gasteiger partial charge on any atom is -0.324 e. The molecule has 3 aromatic rings. The fraction of sp³-hybridized carbons (Fsp3) is 0.368. The molecule has 1 aliphatic carbocycles. The summed E-state index contributed by atoms with van der Waals surface area (Å²) in [7, 11) is -3.25. The zero-order chi connectivity index (χ0) is 19.9. The van der Waals surface area contributed by atoms with Gasteiger partial charge < -0.3 is 5.32 Å². The van der Waals surface area contributed by atoms with Crippen molar-refractivity contribution in [2.75, 3.05) is 11.6 Å². The van der Waals surface area contributed by atoms with Crippen LogP contribution < -0.4 is 10.9 Å². The number of sulfone groups is 1. The van der Waals surface area contributed by atoms with Crippen LogP contribution in [0, 0.1) is 6.92 Å². The molecule has 0 amide bonds. The molecule has 0 radical (unpaired) electrons. The van der Waals surface area contributed by atoms with E-state index in [4.69, 9.17) is 0 Å². The van der Waals surface area contributed by atoms with Crippen LogP contribution in [0.5, 0.6) is 0 Å². The van der Waals surface area contributed by atoms with Gasteiger partial charge in [0.1, 0.15) is 11.2 Å². The van der Waals surface area contributed by atoms with Gasteiger partial charge in [0.15, 0.2) is 15.5 Å². The highest BCUT2D eigenvalue weighted by Crippen LogP contribution is 2.30. The second-order valence-electron chi connectivity index (χ2n) is 7.13. The Morgan fingerprint density at radius 1 is 1.11 bits per heavy atom. The Balaban J connectivity index is 1.74. The molecule has 2 heterocycles. The minimum absolute atomic E-state index is 0.110. The van der Waals surface area contributed by atoms with E-state index in [1.807, 2.05) is 0 Å². The molecule has 1 aromatic carbocycles. The van der Waals surface area contributed by atoms with Crippen LogP contribution in [-0.2, 0) is 9.84 Å². The van der Waals surface area contributed by atoms with Crippen LogP contribution >= 0.6 is 0 Å². The quantitative estimate of drug-likeness (QED) is 0.719. The van der Waals surface area contributed by atoms with Crippen molar-refractivity contribution in [2.45, 2.75) is 43.5 Å². The van der Waals surface area contributed by atoms with Gasteiger partial charge in [-0.05, 0) is 44.0 Å². The largest absolute Gasteiger partial charge is 0.324 e. The molecule has 146 valence electrons. The molecule has 9 heteroatoms. The molecule has 0 bridgehead atoms. The van der Waals surface area contributed by atoms with Gasteiger partial charge in [-0.25, -0.2) is 18.4 Å². The van der Waals surface area contributed by atoms with Crippen molar-refractivity contribution >= 4 is 32.6 Å². The lowest BCUT2D eigenvalue weighted by molar-refractivity contribution is 0.511. The van der Waals surface area contributed by atoms with Gasteiger partial charge in [0.05, 0.1) is 11.1 Å². The summed E-state index contributed by atoms with van der Waals surface area (Å²) >= 11 is 0. The SMILES string of the molecule is Cc1nc2cnc(Nc3ccc(S(C)(=O)=O)cc3)nc2n(C2CCCC2)c1=O. The van der Waals surface area contributed by atoms with Crippen molar-refractivity contribution in [3.63, 3.8) is 0 Å². The molecule has 0 unspecified atom stereocenters. The molecule has 1 saturated carbocycles. The van der Waals surface area contributed by atoms with Gasteiger partial charge in [-0.2, -0.15) is 4.98 Å². The molecular weight excluding hydrogens is 378 g/mol. The van der Waals surface area contributed by atoms with E-state index >= 15 is 0 Å². The van der Waals surface area contributed by atoms with E-state index in [0.29, 0.717) is 28.5 Å². The lowest BCUT2D eigenvalue weighted by Crippen LogP contribution is -2.27. The van der Waals surface area contributed by atoms with E-state index < -0.39 is 9.84 Å². The van der Waals surface area contributed by atoms with Crippen LogP contribution in [0.4, 0.5) is 11.6 Å². The summed E-state index contributed by atoms with van der Waals surface area (Å²) < 4.78 is 24.9. The Bertz CT molecular complexity index is 1200. The standard InChI is InChI=1S/C19H21N5O3S/c1-12-18(25)24(14-5-3-4-6-14)17-16(21-12)11-20-19(23-17)22-13-7-9-15(10-8-13)28(2,26)27/h7-11,14H,3-6H2,1-2H3,(H,20,22,23). The van der Waals surface area contributed by atoms with Crippen LogP contribution in [0.15, 0.2) is 40.2 Å². The molecular formula is C19H21N5O3S. The maximum Gasteiger partial charge on any atom is 0.273 e. The number of hydrogen-bond donors (Lipinski definition) is 1. The molecule has 8 nitrogen and oxygen atoms in total. The van der Waals surface area contributed by atoms with Crippen LogP contribution in [0.3, 0.4) is 0 Å². The second-order valence-corrected chi connectivity index (χ2v) is 9.15. The Morgan fingerprint density at radius 2 is 1.79 bits per heavy atom. The van der Waals surface area contributed by atoms with E-state index in [1.54, 1.807) is 29.8 Å². The summed E-state index contributed by atoms with van der Waals surface area (Å²) in [5.41, 5.74) is 2.10. The number of aryl methyl sites for hydroxylation is 1. The predicted octanol–water partition coefficient (Wildman–Crippen LogP) is 2.76. The number of rotatable bonds is 4. The van der Waals surface area contributed by atoms with E-state index in [1.165, 1.54) is 18.4 Å². The summed E-state index contributed by atoms with van der Waals surface area (Å²) in [6.07, 6.45) is 6.88. The number of nitrogens with one attached hydrogen (secondary N) is 1. The third kappa shape index (κ3) is 3.49. The maximum absolute atomic E-state index is 12.7. The average molecular weight is 399 g/mol. The highest BCUT2D eigenvalue weighted by atomic mass is 32.2. The summed E-state index contributed by atoms with van der Waals surface area (Å²) in [6, 6.07) is 6.49. The Kier molecular flexibility index (Phi) is 4.62. The van der Waals surface area contributed by atoms with E-state index in [2.05, 4.69) is 20.3 Å². The van der Waals surface area contributed by atoms with Gasteiger partial charge in [0.25, 0.3) is 5.56 Å². The molecule has 0 spiro atoms. The Labute approximate surface area is 162 Å². The number of benzene rings is 1. The van der Waals surface area contributed by atoms with E-state index in [9.17, 15) is 13.2 Å². The smallest absolute Gasteiger partial charge is 0.273 e. The van der Waals surface area contributed by atoms with Crippen LogP contribution in [0.25, 0.3) is 11.2 Å². The fourth-order valence-corrected chi connectivity index (χ4v) is 4.23. The predicted molar refractivity (Wildman–Crippen MR) is 107 cm³/mol. The highest BCUT2D eigenvalue weighted by Gasteiger charge is 2.22. The molecule has 0 aliphatic heterocycles. The third-order valence-corrected chi connectivity index (χ3v) is 6.15. The van der Waals surface area contributed by atoms with Crippen molar-refractivity contribution in [3.05, 3.63) is 46.5 Å². The molecule has 1 N–H and O–H groups in total. The van der Waals surface area contributed by atoms with Gasteiger partial charge in [-0.15, -0.1) is 0 Å². The fourth-order valence-electron chi connectivity index (χ4n) is 3.60. The van der Waals surface area contributed by atoms with Gasteiger partial charge in [0, 0.05) is 18.0 Å². The number of aromatic nitrogens is 4. The summed E-state index contributed by atoms with van der Waals surface area (Å²) in [6.45, 7) is 1.71.